The number of rotatable bonds is 0. The average molecular weight is 219 g/mol. The van der Waals surface area contributed by atoms with Crippen molar-refractivity contribution in [3.8, 4) is 0 Å². The summed E-state index contributed by atoms with van der Waals surface area (Å²) in [6, 6.07) is 0. The van der Waals surface area contributed by atoms with Crippen LogP contribution in [-0.2, 0) is 13.9 Å². The predicted octanol–water partition coefficient (Wildman–Crippen LogP) is 4.43. The van der Waals surface area contributed by atoms with Gasteiger partial charge in [-0.3, -0.25) is 0 Å². The van der Waals surface area contributed by atoms with Crippen molar-refractivity contribution in [3.05, 3.63) is 30.8 Å². The maximum absolute atomic E-state index is 3.38. The molecule has 7 heavy (non-hydrogen) atoms. The van der Waals surface area contributed by atoms with Crippen LogP contribution in [0.15, 0.2) is 0 Å². The van der Waals surface area contributed by atoms with E-state index in [1.807, 2.05) is 0 Å². The van der Waals surface area contributed by atoms with E-state index in [0.29, 0.717) is 0 Å². The summed E-state index contributed by atoms with van der Waals surface area (Å²) in [6.45, 7) is 0. The van der Waals surface area contributed by atoms with E-state index in [2.05, 4.69) is 28.1 Å². The van der Waals surface area contributed by atoms with E-state index in [1.54, 1.807) is 0 Å². The Balaban J connectivity index is -0.000000000500. The van der Waals surface area contributed by atoms with Gasteiger partial charge in [-0.2, -0.15) is 0 Å². The van der Waals surface area contributed by atoms with Crippen molar-refractivity contribution in [1.82, 2.24) is 0 Å². The number of hydrogen-bond donors (Lipinski definition) is 0. The Kier molecular flexibility index (Phi) is 5900. The van der Waals surface area contributed by atoms with Crippen molar-refractivity contribution >= 4 is 14.2 Å². The van der Waals surface area contributed by atoms with Crippen molar-refractivity contribution in [1.29, 1.82) is 0 Å². The molecule has 5 nitrogen and oxygen atoms in total. The van der Waals surface area contributed by atoms with Gasteiger partial charge in [0.2, 0.25) is 0 Å². The molecule has 0 aliphatic heterocycles. The van der Waals surface area contributed by atoms with Crippen molar-refractivity contribution in [2.45, 2.75) is 0 Å². The van der Waals surface area contributed by atoms with Gasteiger partial charge in [-0.1, -0.05) is 0 Å². The Hall–Kier alpha value is 0.786. The van der Waals surface area contributed by atoms with Crippen molar-refractivity contribution in [2.75, 3.05) is 0 Å². The summed E-state index contributed by atoms with van der Waals surface area (Å²) in [5, 5.41) is 0. The van der Waals surface area contributed by atoms with Crippen LogP contribution >= 0.6 is 14.2 Å². The first kappa shape index (κ1) is 112. The molecule has 0 radical (unpaired) electrons. The predicted molar refractivity (Wildman–Crippen MR) is 35.3 cm³/mol. The van der Waals surface area contributed by atoms with Gasteiger partial charge in [-0.25, -0.2) is 0 Å². The van der Waals surface area contributed by atoms with E-state index in [0.717, 1.165) is 0 Å². The molecule has 54 valence electrons. The number of halogens is 1. The standard InChI is InChI=1S/BrH.Co.5H2N/h1H;;5*1H2/q;+3;5*-1/p-1. The second-order valence-corrected chi connectivity index (χ2v) is 0. The zero-order valence-corrected chi connectivity index (χ0v) is 6.23. The molecule has 0 aromatic carbocycles. The fourth-order valence-corrected chi connectivity index (χ4v) is 0. The Morgan fingerprint density at radius 1 is 0.571 bits per heavy atom. The molecular weight excluding hydrogens is 209 g/mol. The van der Waals surface area contributed by atoms with Crippen LogP contribution in [0.1, 0.15) is 0 Å². The molecule has 0 rings (SSSR count). The molecule has 10 N–H and O–H groups in total. The molecule has 0 atom stereocenters. The minimum Gasteiger partial charge on any atom is -0.693 e. The first-order valence-corrected chi connectivity index (χ1v) is 2.70. The summed E-state index contributed by atoms with van der Waals surface area (Å²) in [6.07, 6.45) is 0. The Morgan fingerprint density at radius 3 is 0.571 bits per heavy atom. The third-order valence-corrected chi connectivity index (χ3v) is 0. The number of hydrogen-bond acceptors (Lipinski definition) is 0. The van der Waals surface area contributed by atoms with E-state index < -0.39 is 0 Å². The Labute approximate surface area is 59.2 Å². The monoisotopic (exact) mass is 218 g/mol. The molecule has 0 saturated heterocycles. The third kappa shape index (κ3) is 251. The molecule has 0 heterocycles. The van der Waals surface area contributed by atoms with Gasteiger partial charge in [0.1, 0.15) is 0 Å². The summed E-state index contributed by atoms with van der Waals surface area (Å²) in [5.41, 5.74) is 0. The van der Waals surface area contributed by atoms with Gasteiger partial charge in [-0.05, 0) is 0 Å². The zero-order valence-electron chi connectivity index (χ0n) is 3.60. The van der Waals surface area contributed by atoms with Crippen LogP contribution in [-0.4, -0.2) is 0 Å². The van der Waals surface area contributed by atoms with Gasteiger partial charge < -0.3 is 30.8 Å². The fraction of sp³-hybridized carbons (Fsp3) is 0. The zero-order chi connectivity index (χ0) is 2.00. The van der Waals surface area contributed by atoms with Crippen LogP contribution in [0, 0.1) is 0 Å². The topological polar surface area (TPSA) is 168 Å². The molecule has 0 aromatic heterocycles. The second-order valence-electron chi connectivity index (χ2n) is 0. The molecule has 0 amide bonds. The Morgan fingerprint density at radius 2 is 0.571 bits per heavy atom. The minimum absolute atomic E-state index is 0. The molecule has 0 aliphatic carbocycles. The Bertz CT molecular complexity index is 8.04. The summed E-state index contributed by atoms with van der Waals surface area (Å²) < 4.78 is 0. The van der Waals surface area contributed by atoms with Crippen LogP contribution in [0.4, 0.5) is 0 Å². The normalized spacial score (nSPS) is 0.857. The third-order valence-electron chi connectivity index (χ3n) is 0. The molecule has 0 spiro atoms. The van der Waals surface area contributed by atoms with Crippen LogP contribution in [0.5, 0.6) is 0 Å². The van der Waals surface area contributed by atoms with Crippen molar-refractivity contribution < 1.29 is 13.9 Å². The van der Waals surface area contributed by atoms with Gasteiger partial charge in [0.25, 0.3) is 0 Å². The van der Waals surface area contributed by atoms with Crippen LogP contribution < -0.4 is 0 Å². The van der Waals surface area contributed by atoms with Gasteiger partial charge >= 0.3 is 28.1 Å². The van der Waals surface area contributed by atoms with Gasteiger partial charge in [0.15, 0.2) is 0 Å². The van der Waals surface area contributed by atoms with E-state index in [4.69, 9.17) is 0 Å². The van der Waals surface area contributed by atoms with Crippen LogP contribution in [0.3, 0.4) is 0 Å². The molecule has 0 aromatic rings. The average Bonchev–Trinajstić information content (AvgIpc) is 1.00. The van der Waals surface area contributed by atoms with E-state index in [-0.39, 0.29) is 30.8 Å². The largest absolute Gasteiger partial charge is 0.693 e. The molecule has 0 fully saturated rings. The molecule has 0 saturated carbocycles. The molecule has 7 heteroatoms. The van der Waals surface area contributed by atoms with Crippen LogP contribution in [0.25, 0.3) is 30.8 Å². The minimum atomic E-state index is 0. The van der Waals surface area contributed by atoms with Crippen LogP contribution in [0.2, 0.25) is 0 Å². The SMILES string of the molecule is [Co+2][Br].[NH2-].[NH2-].[NH2-].[NH2-].[NH2-]. The molecule has 0 aliphatic rings. The molecule has 0 bridgehead atoms. The van der Waals surface area contributed by atoms with E-state index in [1.165, 1.54) is 0 Å². The first-order valence-electron chi connectivity index (χ1n) is 0.126. The summed E-state index contributed by atoms with van der Waals surface area (Å²) in [4.78, 5) is 0. The van der Waals surface area contributed by atoms with E-state index in [9.17, 15) is 0 Å². The van der Waals surface area contributed by atoms with Crippen molar-refractivity contribution in [2.24, 2.45) is 0 Å². The van der Waals surface area contributed by atoms with Gasteiger partial charge in [0, 0.05) is 0 Å². The second kappa shape index (κ2) is 367. The fourth-order valence-electron chi connectivity index (χ4n) is 0. The summed E-state index contributed by atoms with van der Waals surface area (Å²) in [5.74, 6) is 0. The quantitative estimate of drug-likeness (QED) is 0.561. The summed E-state index contributed by atoms with van der Waals surface area (Å²) >= 11 is 6.00. The number of nitrogens with two attached hydrogens (primary N) is 5. The maximum atomic E-state index is 3.38. The van der Waals surface area contributed by atoms with Gasteiger partial charge in [0.05, 0.1) is 0 Å². The van der Waals surface area contributed by atoms with Crippen molar-refractivity contribution in [3.63, 3.8) is 0 Å². The van der Waals surface area contributed by atoms with E-state index >= 15 is 0 Å². The molecule has 0 unspecified atom stereocenters. The maximum Gasteiger partial charge on any atom is -0.693 e. The smallest absolute Gasteiger partial charge is 0.693 e. The van der Waals surface area contributed by atoms with Gasteiger partial charge in [-0.15, -0.1) is 0 Å². The first-order chi connectivity index (χ1) is 1.00. The molecular formula is H10BrCoN5-3. The summed E-state index contributed by atoms with van der Waals surface area (Å²) in [7, 11) is 0.